The molecule has 1 aliphatic heterocycles. The highest BCUT2D eigenvalue weighted by molar-refractivity contribution is 7.80. The van der Waals surface area contributed by atoms with Crippen molar-refractivity contribution in [2.75, 3.05) is 5.32 Å². The van der Waals surface area contributed by atoms with E-state index in [0.717, 1.165) is 11.1 Å². The summed E-state index contributed by atoms with van der Waals surface area (Å²) < 4.78 is 13.4. The van der Waals surface area contributed by atoms with E-state index in [4.69, 9.17) is 23.8 Å². The van der Waals surface area contributed by atoms with Gasteiger partial charge in [0.15, 0.2) is 5.11 Å². The average Bonchev–Trinajstić information content (AvgIpc) is 3.02. The van der Waals surface area contributed by atoms with E-state index in [2.05, 4.69) is 5.32 Å². The summed E-state index contributed by atoms with van der Waals surface area (Å²) in [5, 5.41) is 3.71. The minimum absolute atomic E-state index is 0.0753. The molecule has 5 nitrogen and oxygen atoms in total. The fraction of sp³-hybridized carbons (Fsp3) is 0.160. The Kier molecular flexibility index (Phi) is 7.01. The number of thiocarbonyl (C=S) groups is 1. The molecule has 168 valence electrons. The third-order valence-corrected chi connectivity index (χ3v) is 6.07. The molecule has 2 amide bonds. The lowest BCUT2D eigenvalue weighted by Gasteiger charge is -2.24. The minimum atomic E-state index is -0.765. The number of hydrogen-bond donors (Lipinski definition) is 1. The van der Waals surface area contributed by atoms with Gasteiger partial charge in [0.25, 0.3) is 5.91 Å². The number of amides is 2. The predicted octanol–water partition coefficient (Wildman–Crippen LogP) is 5.01. The molecule has 0 radical (unpaired) electrons. The van der Waals surface area contributed by atoms with Crippen molar-refractivity contribution in [2.24, 2.45) is 0 Å². The van der Waals surface area contributed by atoms with Gasteiger partial charge in [-0.1, -0.05) is 54.1 Å². The molecule has 3 aromatic carbocycles. The quantitative estimate of drug-likeness (QED) is 0.482. The number of carbonyl (C=O) groups is 2. The van der Waals surface area contributed by atoms with Crippen LogP contribution in [0.5, 0.6) is 0 Å². The van der Waals surface area contributed by atoms with E-state index >= 15 is 0 Å². The first-order chi connectivity index (χ1) is 15.9. The topological polar surface area (TPSA) is 52.7 Å². The number of benzene rings is 3. The Morgan fingerprint density at radius 3 is 2.24 bits per heavy atom. The predicted molar refractivity (Wildman–Crippen MR) is 130 cm³/mol. The molecule has 1 N–H and O–H groups in total. The zero-order chi connectivity index (χ0) is 23.4. The van der Waals surface area contributed by atoms with E-state index in [1.54, 1.807) is 41.3 Å². The number of halogens is 2. The van der Waals surface area contributed by atoms with Crippen molar-refractivity contribution < 1.29 is 14.0 Å². The molecule has 8 heteroatoms. The summed E-state index contributed by atoms with van der Waals surface area (Å²) in [7, 11) is 0. The summed E-state index contributed by atoms with van der Waals surface area (Å²) in [4.78, 5) is 29.4. The maximum atomic E-state index is 13.4. The largest absolute Gasteiger partial charge is 0.332 e. The molecule has 0 spiro atoms. The summed E-state index contributed by atoms with van der Waals surface area (Å²) in [6.45, 7) is 0.600. The van der Waals surface area contributed by atoms with E-state index < -0.39 is 6.04 Å². The van der Waals surface area contributed by atoms with E-state index in [1.165, 1.54) is 17.0 Å². The highest BCUT2D eigenvalue weighted by Crippen LogP contribution is 2.26. The molecule has 1 saturated heterocycles. The summed E-state index contributed by atoms with van der Waals surface area (Å²) in [5.41, 5.74) is 2.31. The molecule has 0 bridgehead atoms. The monoisotopic (exact) mass is 481 g/mol. The first-order valence-electron chi connectivity index (χ1n) is 10.4. The van der Waals surface area contributed by atoms with E-state index in [1.807, 2.05) is 30.3 Å². The number of nitrogens with zero attached hydrogens (tertiary/aromatic N) is 2. The minimum Gasteiger partial charge on any atom is -0.332 e. The van der Waals surface area contributed by atoms with Crippen LogP contribution in [0.4, 0.5) is 10.1 Å². The average molecular weight is 482 g/mol. The van der Waals surface area contributed by atoms with Crippen molar-refractivity contribution in [1.29, 1.82) is 0 Å². The lowest BCUT2D eigenvalue weighted by Crippen LogP contribution is -2.37. The standard InChI is InChI=1S/C25H21ClFN3O2S/c26-19-8-12-21(13-9-19)28-23(31)14-22-24(32)30(16-17-4-2-1-3-5-17)25(33)29(22)15-18-6-10-20(27)11-7-18/h1-13,22H,14-16H2,(H,28,31)/t22-/m1/s1. The van der Waals surface area contributed by atoms with Gasteiger partial charge >= 0.3 is 0 Å². The Morgan fingerprint density at radius 1 is 0.939 bits per heavy atom. The second-order valence-electron chi connectivity index (χ2n) is 7.72. The van der Waals surface area contributed by atoms with Gasteiger partial charge in [-0.15, -0.1) is 0 Å². The van der Waals surface area contributed by atoms with Crippen LogP contribution >= 0.6 is 23.8 Å². The van der Waals surface area contributed by atoms with Crippen molar-refractivity contribution in [3.05, 3.63) is 101 Å². The number of anilines is 1. The lowest BCUT2D eigenvalue weighted by atomic mass is 10.1. The highest BCUT2D eigenvalue weighted by atomic mass is 35.5. The first-order valence-corrected chi connectivity index (χ1v) is 11.1. The van der Waals surface area contributed by atoms with Gasteiger partial charge in [-0.05, 0) is 59.7 Å². The van der Waals surface area contributed by atoms with Gasteiger partial charge in [0.2, 0.25) is 5.91 Å². The SMILES string of the molecule is O=C(C[C@@H]1C(=O)N(Cc2ccccc2)C(=S)N1Cc1ccc(F)cc1)Nc1ccc(Cl)cc1. The van der Waals surface area contributed by atoms with Crippen molar-refractivity contribution in [1.82, 2.24) is 9.80 Å². The molecule has 33 heavy (non-hydrogen) atoms. The Labute approximate surface area is 201 Å². The number of hydrogen-bond acceptors (Lipinski definition) is 3. The molecule has 0 unspecified atom stereocenters. The van der Waals surface area contributed by atoms with Crippen LogP contribution in [-0.4, -0.2) is 32.8 Å². The van der Waals surface area contributed by atoms with Crippen LogP contribution in [0.25, 0.3) is 0 Å². The summed E-state index contributed by atoms with van der Waals surface area (Å²) in [6, 6.07) is 21.5. The van der Waals surface area contributed by atoms with Gasteiger partial charge in [-0.3, -0.25) is 14.5 Å². The van der Waals surface area contributed by atoms with Crippen LogP contribution < -0.4 is 5.32 Å². The molecule has 1 atom stereocenters. The Balaban J connectivity index is 1.55. The van der Waals surface area contributed by atoms with Crippen molar-refractivity contribution in [3.63, 3.8) is 0 Å². The van der Waals surface area contributed by atoms with Gasteiger partial charge in [0, 0.05) is 17.3 Å². The van der Waals surface area contributed by atoms with Crippen LogP contribution in [0.3, 0.4) is 0 Å². The molecule has 1 aliphatic rings. The van der Waals surface area contributed by atoms with Gasteiger partial charge in [0.05, 0.1) is 13.0 Å². The molecular weight excluding hydrogens is 461 g/mol. The fourth-order valence-corrected chi connectivity index (χ4v) is 4.16. The third kappa shape index (κ3) is 5.56. The smallest absolute Gasteiger partial charge is 0.252 e. The zero-order valence-corrected chi connectivity index (χ0v) is 19.2. The molecular formula is C25H21ClFN3O2S. The van der Waals surface area contributed by atoms with Gasteiger partial charge < -0.3 is 10.2 Å². The van der Waals surface area contributed by atoms with Crippen LogP contribution in [0.2, 0.25) is 5.02 Å². The van der Waals surface area contributed by atoms with E-state index in [0.29, 0.717) is 22.4 Å². The van der Waals surface area contributed by atoms with Crippen molar-refractivity contribution in [3.8, 4) is 0 Å². The number of rotatable bonds is 7. The third-order valence-electron chi connectivity index (χ3n) is 5.36. The van der Waals surface area contributed by atoms with Crippen LogP contribution in [-0.2, 0) is 22.7 Å². The second kappa shape index (κ2) is 10.1. The molecule has 0 saturated carbocycles. The van der Waals surface area contributed by atoms with Crippen molar-refractivity contribution >= 4 is 46.4 Å². The number of carbonyl (C=O) groups excluding carboxylic acids is 2. The summed E-state index contributed by atoms with van der Waals surface area (Å²) in [6.07, 6.45) is -0.0753. The Hall–Kier alpha value is -3.29. The normalized spacial score (nSPS) is 15.8. The van der Waals surface area contributed by atoms with E-state index in [9.17, 15) is 14.0 Å². The maximum absolute atomic E-state index is 13.4. The van der Waals surface area contributed by atoms with Gasteiger partial charge in [-0.25, -0.2) is 4.39 Å². The van der Waals surface area contributed by atoms with Crippen molar-refractivity contribution in [2.45, 2.75) is 25.6 Å². The molecule has 0 aromatic heterocycles. The Morgan fingerprint density at radius 2 is 1.58 bits per heavy atom. The molecule has 0 aliphatic carbocycles. The zero-order valence-electron chi connectivity index (χ0n) is 17.6. The summed E-state index contributed by atoms with van der Waals surface area (Å²) >= 11 is 11.5. The highest BCUT2D eigenvalue weighted by Gasteiger charge is 2.43. The number of nitrogens with one attached hydrogen (secondary N) is 1. The Bertz CT molecular complexity index is 1160. The first kappa shape index (κ1) is 22.9. The molecule has 1 fully saturated rings. The van der Waals surface area contributed by atoms with Crippen LogP contribution in [0, 0.1) is 5.82 Å². The molecule has 3 aromatic rings. The maximum Gasteiger partial charge on any atom is 0.252 e. The van der Waals surface area contributed by atoms with Crippen LogP contribution in [0.1, 0.15) is 17.5 Å². The van der Waals surface area contributed by atoms with E-state index in [-0.39, 0.29) is 30.6 Å². The second-order valence-corrected chi connectivity index (χ2v) is 8.52. The summed E-state index contributed by atoms with van der Waals surface area (Å²) in [5.74, 6) is -0.898. The van der Waals surface area contributed by atoms with Gasteiger partial charge in [0.1, 0.15) is 11.9 Å². The van der Waals surface area contributed by atoms with Crippen LogP contribution in [0.15, 0.2) is 78.9 Å². The van der Waals surface area contributed by atoms with Gasteiger partial charge in [-0.2, -0.15) is 0 Å². The molecule has 1 heterocycles. The molecule has 4 rings (SSSR count). The lowest BCUT2D eigenvalue weighted by molar-refractivity contribution is -0.131. The fourth-order valence-electron chi connectivity index (χ4n) is 3.69.